The van der Waals surface area contributed by atoms with Crippen LogP contribution in [0.15, 0.2) is 24.3 Å². The van der Waals surface area contributed by atoms with Crippen molar-refractivity contribution < 1.29 is 9.90 Å². The smallest absolute Gasteiger partial charge is 0.227 e. The molecule has 0 aliphatic rings. The Kier molecular flexibility index (Phi) is 8.14. The van der Waals surface area contributed by atoms with Crippen LogP contribution < -0.4 is 10.6 Å². The van der Waals surface area contributed by atoms with Gasteiger partial charge in [0.15, 0.2) is 0 Å². The van der Waals surface area contributed by atoms with E-state index in [1.54, 1.807) is 0 Å². The Labute approximate surface area is 171 Å². The number of aliphatic hydroxyl groups excluding tert-OH is 1. The zero-order valence-corrected chi connectivity index (χ0v) is 17.5. The molecule has 1 heterocycles. The second kappa shape index (κ2) is 10.3. The van der Waals surface area contributed by atoms with Crippen LogP contribution >= 0.6 is 11.6 Å². The first kappa shape index (κ1) is 22.0. The molecule has 2 atom stereocenters. The number of nitrogens with one attached hydrogen (secondary N) is 2. The fourth-order valence-electron chi connectivity index (χ4n) is 2.97. The lowest BCUT2D eigenvalue weighted by atomic mass is 9.97. The Hall–Kier alpha value is -2.25. The van der Waals surface area contributed by atoms with Gasteiger partial charge < -0.3 is 15.7 Å². The summed E-state index contributed by atoms with van der Waals surface area (Å²) in [4.78, 5) is 24.0. The number of aliphatic hydroxyl groups is 1. The largest absolute Gasteiger partial charge is 0.394 e. The maximum atomic E-state index is 11.1. The van der Waals surface area contributed by atoms with Crippen molar-refractivity contribution in [2.45, 2.75) is 52.5 Å². The average molecular weight is 406 g/mol. The SMILES string of the molecule is CC(=O)Nc1ccc(C(C)Cc2nc(Cl)nc(N[C@@H](CO)CC(C)C)n2)cc1. The van der Waals surface area contributed by atoms with Crippen molar-refractivity contribution in [2.75, 3.05) is 17.2 Å². The lowest BCUT2D eigenvalue weighted by Gasteiger charge is -2.18. The van der Waals surface area contributed by atoms with Crippen LogP contribution in [-0.4, -0.2) is 38.6 Å². The molecule has 0 aliphatic heterocycles. The van der Waals surface area contributed by atoms with E-state index in [4.69, 9.17) is 11.6 Å². The molecule has 2 aromatic rings. The first-order valence-corrected chi connectivity index (χ1v) is 9.80. The summed E-state index contributed by atoms with van der Waals surface area (Å²) < 4.78 is 0. The first-order chi connectivity index (χ1) is 13.3. The standard InChI is InChI=1S/C20H28ClN5O2/c1-12(2)9-17(11-27)23-20-25-18(24-19(21)26-20)10-13(3)15-5-7-16(8-6-15)22-14(4)28/h5-8,12-13,17,27H,9-11H2,1-4H3,(H,22,28)(H,23,24,25,26)/t13?,17-/m1/s1. The van der Waals surface area contributed by atoms with E-state index in [0.717, 1.165) is 17.7 Å². The Balaban J connectivity index is 2.08. The molecule has 0 radical (unpaired) electrons. The summed E-state index contributed by atoms with van der Waals surface area (Å²) in [5.41, 5.74) is 1.87. The van der Waals surface area contributed by atoms with E-state index in [9.17, 15) is 9.90 Å². The van der Waals surface area contributed by atoms with Gasteiger partial charge >= 0.3 is 0 Å². The minimum absolute atomic E-state index is 0.00609. The highest BCUT2D eigenvalue weighted by atomic mass is 35.5. The second-order valence-electron chi connectivity index (χ2n) is 7.41. The highest BCUT2D eigenvalue weighted by molar-refractivity contribution is 6.28. The topological polar surface area (TPSA) is 100 Å². The molecule has 1 amide bonds. The zero-order valence-electron chi connectivity index (χ0n) is 16.7. The van der Waals surface area contributed by atoms with E-state index in [1.165, 1.54) is 6.92 Å². The van der Waals surface area contributed by atoms with Crippen LogP contribution in [-0.2, 0) is 11.2 Å². The molecule has 3 N–H and O–H groups in total. The number of hydrogen-bond donors (Lipinski definition) is 3. The molecule has 0 spiro atoms. The minimum Gasteiger partial charge on any atom is -0.394 e. The summed E-state index contributed by atoms with van der Waals surface area (Å²) >= 11 is 6.08. The summed E-state index contributed by atoms with van der Waals surface area (Å²) in [6.45, 7) is 7.74. The van der Waals surface area contributed by atoms with Crippen LogP contribution in [0.25, 0.3) is 0 Å². The van der Waals surface area contributed by atoms with Crippen molar-refractivity contribution in [3.8, 4) is 0 Å². The molecule has 8 heteroatoms. The van der Waals surface area contributed by atoms with Gasteiger partial charge in [-0.2, -0.15) is 9.97 Å². The summed E-state index contributed by atoms with van der Waals surface area (Å²) in [6.07, 6.45) is 1.39. The van der Waals surface area contributed by atoms with Gasteiger partial charge in [-0.25, -0.2) is 4.98 Å². The highest BCUT2D eigenvalue weighted by Gasteiger charge is 2.15. The zero-order chi connectivity index (χ0) is 20.7. The number of carbonyl (C=O) groups excluding carboxylic acids is 1. The molecular weight excluding hydrogens is 378 g/mol. The molecule has 0 aliphatic carbocycles. The van der Waals surface area contributed by atoms with Crippen LogP contribution in [0.3, 0.4) is 0 Å². The molecule has 152 valence electrons. The van der Waals surface area contributed by atoms with Gasteiger partial charge in [0.25, 0.3) is 0 Å². The predicted octanol–water partition coefficient (Wildman–Crippen LogP) is 3.65. The monoisotopic (exact) mass is 405 g/mol. The summed E-state index contributed by atoms with van der Waals surface area (Å²) in [6, 6.07) is 7.56. The number of carbonyl (C=O) groups is 1. The third-order valence-corrected chi connectivity index (χ3v) is 4.42. The van der Waals surface area contributed by atoms with E-state index < -0.39 is 0 Å². The molecule has 2 rings (SSSR count). The maximum Gasteiger partial charge on any atom is 0.227 e. The molecule has 0 fully saturated rings. The number of aromatic nitrogens is 3. The summed E-state index contributed by atoms with van der Waals surface area (Å²) in [5, 5.41) is 15.6. The van der Waals surface area contributed by atoms with Crippen LogP contribution in [0.5, 0.6) is 0 Å². The summed E-state index contributed by atoms with van der Waals surface area (Å²) in [7, 11) is 0. The average Bonchev–Trinajstić information content (AvgIpc) is 2.60. The Morgan fingerprint density at radius 2 is 1.82 bits per heavy atom. The lowest BCUT2D eigenvalue weighted by Crippen LogP contribution is -2.27. The number of hydrogen-bond acceptors (Lipinski definition) is 6. The van der Waals surface area contributed by atoms with Crippen LogP contribution in [0, 0.1) is 5.92 Å². The van der Waals surface area contributed by atoms with Gasteiger partial charge in [0.1, 0.15) is 5.82 Å². The van der Waals surface area contributed by atoms with Crippen LogP contribution in [0.4, 0.5) is 11.6 Å². The van der Waals surface area contributed by atoms with Gasteiger partial charge in [0.05, 0.1) is 12.6 Å². The second-order valence-corrected chi connectivity index (χ2v) is 7.74. The van der Waals surface area contributed by atoms with Gasteiger partial charge in [-0.1, -0.05) is 32.9 Å². The molecular formula is C20H28ClN5O2. The Morgan fingerprint density at radius 1 is 1.14 bits per heavy atom. The van der Waals surface area contributed by atoms with Gasteiger partial charge in [0.2, 0.25) is 17.1 Å². The van der Waals surface area contributed by atoms with Gasteiger partial charge in [0, 0.05) is 19.0 Å². The van der Waals surface area contributed by atoms with Crippen LogP contribution in [0.1, 0.15) is 51.4 Å². The van der Waals surface area contributed by atoms with Crippen molar-refractivity contribution in [2.24, 2.45) is 5.92 Å². The van der Waals surface area contributed by atoms with E-state index in [-0.39, 0.29) is 29.8 Å². The quantitative estimate of drug-likeness (QED) is 0.588. The number of halogens is 1. The third-order valence-electron chi connectivity index (χ3n) is 4.25. The molecule has 0 saturated carbocycles. The van der Waals surface area contributed by atoms with Crippen molar-refractivity contribution in [1.82, 2.24) is 15.0 Å². The Morgan fingerprint density at radius 3 is 2.39 bits per heavy atom. The molecule has 1 aromatic heterocycles. The van der Waals surface area contributed by atoms with Gasteiger partial charge in [-0.15, -0.1) is 0 Å². The number of anilines is 2. The number of nitrogens with zero attached hydrogens (tertiary/aromatic N) is 3. The van der Waals surface area contributed by atoms with Gasteiger partial charge in [-0.05, 0) is 47.6 Å². The van der Waals surface area contributed by atoms with Crippen LogP contribution in [0.2, 0.25) is 5.28 Å². The minimum atomic E-state index is -0.134. The highest BCUT2D eigenvalue weighted by Crippen LogP contribution is 2.22. The third kappa shape index (κ3) is 7.05. The number of benzene rings is 1. The lowest BCUT2D eigenvalue weighted by molar-refractivity contribution is -0.114. The Bertz CT molecular complexity index is 783. The van der Waals surface area contributed by atoms with E-state index in [1.807, 2.05) is 24.3 Å². The van der Waals surface area contributed by atoms with Crippen molar-refractivity contribution >= 4 is 29.1 Å². The molecule has 7 nitrogen and oxygen atoms in total. The fourth-order valence-corrected chi connectivity index (χ4v) is 3.15. The van der Waals surface area contributed by atoms with Gasteiger partial charge in [-0.3, -0.25) is 4.79 Å². The fraction of sp³-hybridized carbons (Fsp3) is 0.500. The van der Waals surface area contributed by atoms with E-state index in [2.05, 4.69) is 46.4 Å². The van der Waals surface area contributed by atoms with Crippen molar-refractivity contribution in [3.63, 3.8) is 0 Å². The first-order valence-electron chi connectivity index (χ1n) is 9.42. The number of rotatable bonds is 9. The molecule has 0 saturated heterocycles. The maximum absolute atomic E-state index is 11.1. The van der Waals surface area contributed by atoms with Crippen molar-refractivity contribution in [3.05, 3.63) is 40.9 Å². The van der Waals surface area contributed by atoms with E-state index in [0.29, 0.717) is 24.1 Å². The van der Waals surface area contributed by atoms with E-state index >= 15 is 0 Å². The number of amides is 1. The summed E-state index contributed by atoms with van der Waals surface area (Å²) in [5.74, 6) is 1.45. The molecule has 28 heavy (non-hydrogen) atoms. The molecule has 0 bridgehead atoms. The molecule has 1 aromatic carbocycles. The van der Waals surface area contributed by atoms with Crippen molar-refractivity contribution in [1.29, 1.82) is 0 Å². The molecule has 1 unspecified atom stereocenters. The normalized spacial score (nSPS) is 13.2. The predicted molar refractivity (Wildman–Crippen MR) is 112 cm³/mol.